The van der Waals surface area contributed by atoms with Crippen LogP contribution in [0.25, 0.3) is 0 Å². The van der Waals surface area contributed by atoms with E-state index in [2.05, 4.69) is 0 Å². The Balaban J connectivity index is 1.19. The van der Waals surface area contributed by atoms with E-state index in [0.717, 1.165) is 17.8 Å². The number of ether oxygens (including phenoxy) is 1. The molecule has 1 spiro atoms. The quantitative estimate of drug-likeness (QED) is 0.564. The molecule has 1 N–H and O–H groups in total. The van der Waals surface area contributed by atoms with Gasteiger partial charge in [-0.05, 0) is 80.6 Å². The predicted octanol–water partition coefficient (Wildman–Crippen LogP) is 5.76. The van der Waals surface area contributed by atoms with Crippen LogP contribution in [0.15, 0.2) is 12.1 Å². The van der Waals surface area contributed by atoms with Crippen molar-refractivity contribution in [1.29, 1.82) is 0 Å². The summed E-state index contributed by atoms with van der Waals surface area (Å²) in [6, 6.07) is 2.56. The molecule has 6 saturated carbocycles. The van der Waals surface area contributed by atoms with E-state index in [1.807, 2.05) is 0 Å². The molecule has 4 bridgehead atoms. The fourth-order valence-electron chi connectivity index (χ4n) is 8.59. The summed E-state index contributed by atoms with van der Waals surface area (Å²) in [5.74, 6) is -0.683. The Bertz CT molecular complexity index is 977. The van der Waals surface area contributed by atoms with Gasteiger partial charge in [-0.3, -0.25) is 9.59 Å². The van der Waals surface area contributed by atoms with Gasteiger partial charge in [0.2, 0.25) is 0 Å². The number of carbonyl (C=O) groups is 2. The smallest absolute Gasteiger partial charge is 0.307 e. The van der Waals surface area contributed by atoms with Gasteiger partial charge in [-0.15, -0.1) is 0 Å². The van der Waals surface area contributed by atoms with Crippen LogP contribution in [0.2, 0.25) is 5.02 Å². The number of hydrogen-bond donors (Lipinski definition) is 1. The SMILES string of the molecule is O=C(O)[C@@H]1CCC[C@H]1C(=O)c1cc(Cl)c(OCC23CC4CC5CC(C4)(C2)C5C3)cc1F. The van der Waals surface area contributed by atoms with Gasteiger partial charge in [0.25, 0.3) is 0 Å². The zero-order chi connectivity index (χ0) is 21.5. The van der Waals surface area contributed by atoms with Crippen molar-refractivity contribution in [3.05, 3.63) is 28.5 Å². The van der Waals surface area contributed by atoms with Crippen molar-refractivity contribution in [2.24, 2.45) is 40.4 Å². The molecular weight excluding hydrogens is 419 g/mol. The van der Waals surface area contributed by atoms with Crippen molar-refractivity contribution in [3.8, 4) is 5.75 Å². The third kappa shape index (κ3) is 2.91. The molecule has 0 aromatic heterocycles. The summed E-state index contributed by atoms with van der Waals surface area (Å²) in [5.41, 5.74) is 0.624. The Morgan fingerprint density at radius 2 is 1.97 bits per heavy atom. The highest BCUT2D eigenvalue weighted by molar-refractivity contribution is 6.32. The van der Waals surface area contributed by atoms with Crippen molar-refractivity contribution in [1.82, 2.24) is 0 Å². The van der Waals surface area contributed by atoms with Crippen LogP contribution in [0.5, 0.6) is 5.75 Å². The number of fused-ring (bicyclic) bond motifs is 1. The Hall–Kier alpha value is -1.62. The lowest BCUT2D eigenvalue weighted by Gasteiger charge is -2.60. The maximum atomic E-state index is 14.9. The van der Waals surface area contributed by atoms with Crippen LogP contribution in [0, 0.1) is 46.2 Å². The van der Waals surface area contributed by atoms with Gasteiger partial charge in [0.15, 0.2) is 5.78 Å². The first-order chi connectivity index (χ1) is 14.8. The summed E-state index contributed by atoms with van der Waals surface area (Å²) in [6.45, 7) is 0.560. The summed E-state index contributed by atoms with van der Waals surface area (Å²) in [4.78, 5) is 24.3. The van der Waals surface area contributed by atoms with Gasteiger partial charge < -0.3 is 9.84 Å². The summed E-state index contributed by atoms with van der Waals surface area (Å²) in [6.07, 6.45) is 9.40. The van der Waals surface area contributed by atoms with Gasteiger partial charge in [-0.2, -0.15) is 0 Å². The topological polar surface area (TPSA) is 63.6 Å². The van der Waals surface area contributed by atoms with Crippen molar-refractivity contribution < 1.29 is 23.8 Å². The van der Waals surface area contributed by atoms with Crippen LogP contribution < -0.4 is 4.74 Å². The minimum atomic E-state index is -0.991. The zero-order valence-corrected chi connectivity index (χ0v) is 18.3. The standard InChI is InChI=1S/C25H28ClFO4/c26-19-5-17(22(28)15-2-1-3-16(15)23(29)30)20(27)6-21(19)31-12-24-7-13-4-14-9-25(8-13,11-24)18(14)10-24/h5-6,13-16,18H,1-4,7-12H2,(H,29,30)/t13?,14?,15-,16-,18?,24?,25?/m1/s1. The molecule has 1 aromatic rings. The Morgan fingerprint density at radius 3 is 2.77 bits per heavy atom. The Morgan fingerprint density at radius 1 is 1.16 bits per heavy atom. The number of carboxylic acids is 1. The third-order valence-corrected chi connectivity index (χ3v) is 9.74. The highest BCUT2D eigenvalue weighted by Crippen LogP contribution is 2.78. The summed E-state index contributed by atoms with van der Waals surface area (Å²) >= 11 is 6.41. The largest absolute Gasteiger partial charge is 0.491 e. The lowest BCUT2D eigenvalue weighted by molar-refractivity contribution is -0.142. The number of aliphatic carboxylic acids is 1. The number of halogens is 2. The number of ketones is 1. The molecular formula is C25H28ClFO4. The van der Waals surface area contributed by atoms with E-state index in [1.165, 1.54) is 50.7 Å². The minimum Gasteiger partial charge on any atom is -0.491 e. The second kappa shape index (κ2) is 6.69. The van der Waals surface area contributed by atoms with Crippen LogP contribution in [-0.2, 0) is 4.79 Å². The van der Waals surface area contributed by atoms with E-state index in [4.69, 9.17) is 16.3 Å². The maximum absolute atomic E-state index is 14.9. The van der Waals surface area contributed by atoms with Gasteiger partial charge in [-0.1, -0.05) is 18.0 Å². The molecule has 0 aliphatic heterocycles. The van der Waals surface area contributed by atoms with E-state index in [1.54, 1.807) is 0 Å². The Labute approximate surface area is 186 Å². The lowest BCUT2D eigenvalue weighted by atomic mass is 9.44. The fraction of sp³-hybridized carbons (Fsp3) is 0.680. The van der Waals surface area contributed by atoms with E-state index in [9.17, 15) is 19.1 Å². The summed E-state index contributed by atoms with van der Waals surface area (Å²) in [5, 5.41) is 9.59. The highest BCUT2D eigenvalue weighted by Gasteiger charge is 2.69. The molecule has 7 atom stereocenters. The first kappa shape index (κ1) is 20.0. The first-order valence-electron chi connectivity index (χ1n) is 11.7. The lowest BCUT2D eigenvalue weighted by Crippen LogP contribution is -2.52. The van der Waals surface area contributed by atoms with Gasteiger partial charge in [0, 0.05) is 17.4 Å². The van der Waals surface area contributed by atoms with E-state index in [-0.39, 0.29) is 21.8 Å². The molecule has 1 aromatic carbocycles. The number of carbonyl (C=O) groups excluding carboxylic acids is 1. The average molecular weight is 447 g/mol. The molecule has 31 heavy (non-hydrogen) atoms. The van der Waals surface area contributed by atoms with E-state index >= 15 is 0 Å². The predicted molar refractivity (Wildman–Crippen MR) is 113 cm³/mol. The fourth-order valence-corrected chi connectivity index (χ4v) is 8.81. The van der Waals surface area contributed by atoms with E-state index < -0.39 is 29.4 Å². The molecule has 6 fully saturated rings. The number of rotatable bonds is 6. The molecule has 0 saturated heterocycles. The highest BCUT2D eigenvalue weighted by atomic mass is 35.5. The van der Waals surface area contributed by atoms with Crippen LogP contribution in [0.3, 0.4) is 0 Å². The van der Waals surface area contributed by atoms with Gasteiger partial charge in [-0.25, -0.2) is 4.39 Å². The first-order valence-corrected chi connectivity index (χ1v) is 12.1. The van der Waals surface area contributed by atoms with Crippen LogP contribution in [-0.4, -0.2) is 23.5 Å². The van der Waals surface area contributed by atoms with Crippen LogP contribution >= 0.6 is 11.6 Å². The molecule has 7 rings (SSSR count). The number of hydrogen-bond acceptors (Lipinski definition) is 3. The molecule has 0 radical (unpaired) electrons. The average Bonchev–Trinajstić information content (AvgIpc) is 3.25. The molecule has 0 amide bonds. The molecule has 5 unspecified atom stereocenters. The second-order valence-electron chi connectivity index (χ2n) is 11.2. The van der Waals surface area contributed by atoms with Gasteiger partial charge in [0.05, 0.1) is 23.1 Å². The van der Waals surface area contributed by atoms with Crippen molar-refractivity contribution >= 4 is 23.4 Å². The van der Waals surface area contributed by atoms with Gasteiger partial charge >= 0.3 is 5.97 Å². The van der Waals surface area contributed by atoms with Crippen molar-refractivity contribution in [3.63, 3.8) is 0 Å². The molecule has 6 aliphatic carbocycles. The summed E-state index contributed by atoms with van der Waals surface area (Å²) < 4.78 is 21.0. The Kier molecular flexibility index (Phi) is 4.32. The van der Waals surface area contributed by atoms with Crippen LogP contribution in [0.4, 0.5) is 4.39 Å². The molecule has 166 valence electrons. The normalized spacial score (nSPS) is 41.8. The maximum Gasteiger partial charge on any atom is 0.307 e. The summed E-state index contributed by atoms with van der Waals surface area (Å²) in [7, 11) is 0. The third-order valence-electron chi connectivity index (χ3n) is 9.45. The zero-order valence-electron chi connectivity index (χ0n) is 17.5. The molecule has 0 heterocycles. The number of benzene rings is 1. The number of Topliss-reactive ketones (excluding diaryl/α,β-unsaturated/α-hetero) is 1. The van der Waals surface area contributed by atoms with Crippen molar-refractivity contribution in [2.75, 3.05) is 6.61 Å². The molecule has 6 heteroatoms. The molecule has 6 aliphatic rings. The van der Waals surface area contributed by atoms with Gasteiger partial charge in [0.1, 0.15) is 11.6 Å². The van der Waals surface area contributed by atoms with Crippen molar-refractivity contribution in [2.45, 2.75) is 57.8 Å². The minimum absolute atomic E-state index is 0.120. The van der Waals surface area contributed by atoms with E-state index in [0.29, 0.717) is 31.3 Å². The van der Waals surface area contributed by atoms with Crippen LogP contribution in [0.1, 0.15) is 68.1 Å². The molecule has 4 nitrogen and oxygen atoms in total. The monoisotopic (exact) mass is 446 g/mol. The number of carboxylic acid groups (broad SMARTS) is 1. The second-order valence-corrected chi connectivity index (χ2v) is 11.6.